The van der Waals surface area contributed by atoms with Crippen LogP contribution >= 0.6 is 0 Å². The van der Waals surface area contributed by atoms with E-state index in [1.807, 2.05) is 12.1 Å². The molecule has 64 valence electrons. The lowest BCUT2D eigenvalue weighted by atomic mass is 10.0. The summed E-state index contributed by atoms with van der Waals surface area (Å²) in [5.74, 6) is 0.765. The minimum absolute atomic E-state index is 0.765. The van der Waals surface area contributed by atoms with Crippen molar-refractivity contribution in [1.29, 1.82) is 0 Å². The van der Waals surface area contributed by atoms with Gasteiger partial charge in [-0.1, -0.05) is 0 Å². The van der Waals surface area contributed by atoms with Gasteiger partial charge in [-0.15, -0.1) is 0 Å². The highest BCUT2D eigenvalue weighted by Crippen LogP contribution is 2.12. The third-order valence-electron chi connectivity index (χ3n) is 2.29. The first kappa shape index (κ1) is 7.68. The van der Waals surface area contributed by atoms with Gasteiger partial charge in [0.05, 0.1) is 5.69 Å². The average Bonchev–Trinajstić information content (AvgIpc) is 2.59. The molecule has 1 aromatic heterocycles. The maximum absolute atomic E-state index is 4.06. The van der Waals surface area contributed by atoms with E-state index >= 15 is 0 Å². The zero-order chi connectivity index (χ0) is 8.23. The lowest BCUT2D eigenvalue weighted by Crippen LogP contribution is -2.11. The number of nitrogens with one attached hydrogen (secondary N) is 1. The van der Waals surface area contributed by atoms with Crippen LogP contribution in [0.15, 0.2) is 18.3 Å². The highest BCUT2D eigenvalue weighted by atomic mass is 15.1. The van der Waals surface area contributed by atoms with Crippen LogP contribution < -0.4 is 5.32 Å². The highest BCUT2D eigenvalue weighted by Gasteiger charge is 2.14. The smallest absolute Gasteiger partial charge is 0.0634 e. The second-order valence-corrected chi connectivity index (χ2v) is 3.28. The molecule has 0 radical (unpaired) electrons. The number of aromatic nitrogens is 2. The van der Waals surface area contributed by atoms with Gasteiger partial charge in [0.25, 0.3) is 0 Å². The monoisotopic (exact) mass is 163 g/mol. The van der Waals surface area contributed by atoms with Crippen molar-refractivity contribution in [2.24, 2.45) is 5.92 Å². The zero-order valence-electron chi connectivity index (χ0n) is 7.03. The lowest BCUT2D eigenvalue weighted by Gasteiger charge is -2.05. The predicted molar refractivity (Wildman–Crippen MR) is 46.7 cm³/mol. The van der Waals surface area contributed by atoms with Gasteiger partial charge in [-0.3, -0.25) is 0 Å². The molecule has 1 N–H and O–H groups in total. The summed E-state index contributed by atoms with van der Waals surface area (Å²) in [4.78, 5) is 0. The molecule has 0 spiro atoms. The molecule has 0 unspecified atom stereocenters. The highest BCUT2D eigenvalue weighted by molar-refractivity contribution is 5.00. The summed E-state index contributed by atoms with van der Waals surface area (Å²) in [6.45, 7) is 2.29. The molecular formula is C9H13N3. The van der Waals surface area contributed by atoms with Crippen LogP contribution in [0, 0.1) is 5.92 Å². The fourth-order valence-electron chi connectivity index (χ4n) is 1.63. The molecular weight excluding hydrogens is 150 g/mol. The third kappa shape index (κ3) is 1.80. The van der Waals surface area contributed by atoms with E-state index in [1.54, 1.807) is 6.20 Å². The molecule has 3 heteroatoms. The van der Waals surface area contributed by atoms with Crippen LogP contribution in [0.1, 0.15) is 12.1 Å². The number of hydrogen-bond acceptors (Lipinski definition) is 3. The minimum atomic E-state index is 0.765. The fourth-order valence-corrected chi connectivity index (χ4v) is 1.63. The summed E-state index contributed by atoms with van der Waals surface area (Å²) in [6.07, 6.45) is 4.06. The van der Waals surface area contributed by atoms with Crippen LogP contribution in [0.4, 0.5) is 0 Å². The summed E-state index contributed by atoms with van der Waals surface area (Å²) in [7, 11) is 0. The normalized spacial score (nSPS) is 22.8. The van der Waals surface area contributed by atoms with E-state index in [2.05, 4.69) is 15.5 Å². The van der Waals surface area contributed by atoms with Crippen molar-refractivity contribution in [2.45, 2.75) is 12.8 Å². The second-order valence-electron chi connectivity index (χ2n) is 3.28. The Bertz CT molecular complexity index is 229. The molecule has 0 aliphatic carbocycles. The topological polar surface area (TPSA) is 37.8 Å². The van der Waals surface area contributed by atoms with E-state index in [0.29, 0.717) is 0 Å². The maximum atomic E-state index is 4.06. The Balaban J connectivity index is 1.94. The number of rotatable bonds is 2. The van der Waals surface area contributed by atoms with E-state index in [1.165, 1.54) is 6.42 Å². The largest absolute Gasteiger partial charge is 0.316 e. The van der Waals surface area contributed by atoms with Crippen molar-refractivity contribution in [3.8, 4) is 0 Å². The lowest BCUT2D eigenvalue weighted by molar-refractivity contribution is 0.567. The van der Waals surface area contributed by atoms with Gasteiger partial charge in [0.1, 0.15) is 0 Å². The average molecular weight is 163 g/mol. The standard InChI is InChI=1S/C9H13N3/c1-2-9(12-11-4-1)6-8-3-5-10-7-8/h1-2,4,8,10H,3,5-7H2/t8-/m0/s1. The maximum Gasteiger partial charge on any atom is 0.0634 e. The Morgan fingerprint density at radius 2 is 2.58 bits per heavy atom. The quantitative estimate of drug-likeness (QED) is 0.695. The Morgan fingerprint density at radius 1 is 1.58 bits per heavy atom. The van der Waals surface area contributed by atoms with Crippen molar-refractivity contribution in [2.75, 3.05) is 13.1 Å². The number of hydrogen-bond donors (Lipinski definition) is 1. The second kappa shape index (κ2) is 3.63. The minimum Gasteiger partial charge on any atom is -0.316 e. The summed E-state index contributed by atoms with van der Waals surface area (Å²) in [5.41, 5.74) is 1.12. The molecule has 2 heterocycles. The molecule has 1 atom stereocenters. The molecule has 12 heavy (non-hydrogen) atoms. The molecule has 2 rings (SSSR count). The van der Waals surface area contributed by atoms with Gasteiger partial charge in [-0.25, -0.2) is 0 Å². The van der Waals surface area contributed by atoms with Crippen LogP contribution in [-0.4, -0.2) is 23.3 Å². The van der Waals surface area contributed by atoms with E-state index in [-0.39, 0.29) is 0 Å². The molecule has 1 fully saturated rings. The van der Waals surface area contributed by atoms with E-state index in [0.717, 1.165) is 31.1 Å². The molecule has 1 aliphatic rings. The Morgan fingerprint density at radius 3 is 3.25 bits per heavy atom. The first-order chi connectivity index (χ1) is 5.95. The van der Waals surface area contributed by atoms with Crippen LogP contribution in [-0.2, 0) is 6.42 Å². The molecule has 0 amide bonds. The van der Waals surface area contributed by atoms with Crippen LogP contribution in [0.2, 0.25) is 0 Å². The third-order valence-corrected chi connectivity index (χ3v) is 2.29. The summed E-state index contributed by atoms with van der Waals surface area (Å²) in [6, 6.07) is 4.00. The molecule has 1 saturated heterocycles. The van der Waals surface area contributed by atoms with Gasteiger partial charge in [0, 0.05) is 6.20 Å². The fraction of sp³-hybridized carbons (Fsp3) is 0.556. The van der Waals surface area contributed by atoms with Crippen molar-refractivity contribution in [3.63, 3.8) is 0 Å². The summed E-state index contributed by atoms with van der Waals surface area (Å²) in [5, 5.41) is 11.3. The van der Waals surface area contributed by atoms with Gasteiger partial charge >= 0.3 is 0 Å². The SMILES string of the molecule is c1cnnc(C[C@@H]2CCNC2)c1. The molecule has 0 saturated carbocycles. The first-order valence-corrected chi connectivity index (χ1v) is 4.42. The molecule has 0 aromatic carbocycles. The Labute approximate surface area is 72.2 Å². The summed E-state index contributed by atoms with van der Waals surface area (Å²) < 4.78 is 0. The Hall–Kier alpha value is -0.960. The molecule has 1 aromatic rings. The van der Waals surface area contributed by atoms with Crippen molar-refractivity contribution >= 4 is 0 Å². The predicted octanol–water partition coefficient (Wildman–Crippen LogP) is 0.629. The Kier molecular flexibility index (Phi) is 2.32. The van der Waals surface area contributed by atoms with Crippen LogP contribution in [0.3, 0.4) is 0 Å². The van der Waals surface area contributed by atoms with Crippen LogP contribution in [0.5, 0.6) is 0 Å². The van der Waals surface area contributed by atoms with Crippen molar-refractivity contribution < 1.29 is 0 Å². The van der Waals surface area contributed by atoms with Gasteiger partial charge < -0.3 is 5.32 Å². The first-order valence-electron chi connectivity index (χ1n) is 4.42. The van der Waals surface area contributed by atoms with Crippen LogP contribution in [0.25, 0.3) is 0 Å². The number of nitrogens with zero attached hydrogens (tertiary/aromatic N) is 2. The molecule has 3 nitrogen and oxygen atoms in total. The van der Waals surface area contributed by atoms with Gasteiger partial charge in [-0.05, 0) is 44.0 Å². The van der Waals surface area contributed by atoms with E-state index in [9.17, 15) is 0 Å². The van der Waals surface area contributed by atoms with Crippen molar-refractivity contribution in [1.82, 2.24) is 15.5 Å². The van der Waals surface area contributed by atoms with Gasteiger partial charge in [-0.2, -0.15) is 10.2 Å². The van der Waals surface area contributed by atoms with E-state index in [4.69, 9.17) is 0 Å². The van der Waals surface area contributed by atoms with Crippen molar-refractivity contribution in [3.05, 3.63) is 24.0 Å². The summed E-state index contributed by atoms with van der Waals surface area (Å²) >= 11 is 0. The van der Waals surface area contributed by atoms with E-state index < -0.39 is 0 Å². The van der Waals surface area contributed by atoms with Gasteiger partial charge in [0.15, 0.2) is 0 Å². The van der Waals surface area contributed by atoms with Gasteiger partial charge in [0.2, 0.25) is 0 Å². The molecule has 0 bridgehead atoms. The molecule has 1 aliphatic heterocycles. The zero-order valence-corrected chi connectivity index (χ0v) is 7.03.